The molecule has 25 heavy (non-hydrogen) atoms. The van der Waals surface area contributed by atoms with Gasteiger partial charge in [-0.1, -0.05) is 0 Å². The van der Waals surface area contributed by atoms with E-state index in [4.69, 9.17) is 4.74 Å². The molecule has 3 atom stereocenters. The summed E-state index contributed by atoms with van der Waals surface area (Å²) >= 11 is 0. The number of carbonyl (C=O) groups is 1. The smallest absolute Gasteiger partial charge is 0.287 e. The highest BCUT2D eigenvalue weighted by molar-refractivity contribution is 5.91. The Morgan fingerprint density at radius 3 is 2.84 bits per heavy atom. The molecule has 8 heteroatoms. The summed E-state index contributed by atoms with van der Waals surface area (Å²) in [6.07, 6.45) is 8.98. The van der Waals surface area contributed by atoms with Gasteiger partial charge in [-0.2, -0.15) is 0 Å². The quantitative estimate of drug-likeness (QED) is 0.883. The summed E-state index contributed by atoms with van der Waals surface area (Å²) in [6.45, 7) is 3.32. The van der Waals surface area contributed by atoms with Crippen LogP contribution in [0.3, 0.4) is 0 Å². The number of aromatic nitrogens is 4. The topological polar surface area (TPSA) is 85.2 Å². The van der Waals surface area contributed by atoms with Crippen LogP contribution in [0, 0.1) is 6.92 Å². The fraction of sp³-hybridized carbons (Fsp3) is 0.529. The summed E-state index contributed by atoms with van der Waals surface area (Å²) < 4.78 is 7.71. The van der Waals surface area contributed by atoms with Crippen molar-refractivity contribution in [2.24, 2.45) is 7.05 Å². The molecule has 2 saturated heterocycles. The van der Waals surface area contributed by atoms with Crippen molar-refractivity contribution in [3.8, 4) is 0 Å². The lowest BCUT2D eigenvalue weighted by molar-refractivity contribution is 0.000530. The zero-order valence-electron chi connectivity index (χ0n) is 14.4. The maximum absolute atomic E-state index is 12.5. The molecule has 0 aliphatic carbocycles. The van der Waals surface area contributed by atoms with Crippen LogP contribution in [0.1, 0.15) is 29.0 Å². The van der Waals surface area contributed by atoms with Crippen molar-refractivity contribution in [1.82, 2.24) is 24.8 Å². The van der Waals surface area contributed by atoms with Gasteiger partial charge >= 0.3 is 0 Å². The molecule has 8 nitrogen and oxygen atoms in total. The van der Waals surface area contributed by atoms with E-state index in [1.165, 1.54) is 0 Å². The molecule has 4 heterocycles. The van der Waals surface area contributed by atoms with E-state index in [0.29, 0.717) is 18.3 Å². The van der Waals surface area contributed by atoms with Gasteiger partial charge in [0.25, 0.3) is 5.91 Å². The monoisotopic (exact) mass is 342 g/mol. The average molecular weight is 342 g/mol. The maximum Gasteiger partial charge on any atom is 0.287 e. The third kappa shape index (κ3) is 2.97. The van der Waals surface area contributed by atoms with Crippen LogP contribution in [0.5, 0.6) is 0 Å². The number of hydrogen-bond acceptors (Lipinski definition) is 6. The average Bonchev–Trinajstić information content (AvgIpc) is 3.20. The first-order chi connectivity index (χ1) is 12.1. The van der Waals surface area contributed by atoms with Gasteiger partial charge < -0.3 is 19.5 Å². The molecule has 1 N–H and O–H groups in total. The number of imidazole rings is 1. The summed E-state index contributed by atoms with van der Waals surface area (Å²) in [7, 11) is 1.81. The van der Waals surface area contributed by atoms with Gasteiger partial charge in [0.2, 0.25) is 5.95 Å². The van der Waals surface area contributed by atoms with E-state index < -0.39 is 0 Å². The Morgan fingerprint density at radius 1 is 1.32 bits per heavy atom. The molecule has 0 aromatic carbocycles. The number of anilines is 1. The molecule has 0 radical (unpaired) electrons. The van der Waals surface area contributed by atoms with Gasteiger partial charge in [-0.15, -0.1) is 0 Å². The molecular weight excluding hydrogens is 320 g/mol. The molecule has 2 aliphatic rings. The third-order valence-electron chi connectivity index (χ3n) is 4.89. The first-order valence-electron chi connectivity index (χ1n) is 8.58. The van der Waals surface area contributed by atoms with E-state index in [0.717, 1.165) is 25.0 Å². The molecule has 1 amide bonds. The zero-order valence-corrected chi connectivity index (χ0v) is 14.4. The summed E-state index contributed by atoms with van der Waals surface area (Å²) in [6, 6.07) is 0.0718. The molecule has 2 aliphatic heterocycles. The van der Waals surface area contributed by atoms with Gasteiger partial charge in [-0.25, -0.2) is 15.0 Å². The van der Waals surface area contributed by atoms with Crippen molar-refractivity contribution in [3.05, 3.63) is 36.2 Å². The lowest BCUT2D eigenvalue weighted by Gasteiger charge is -2.32. The molecule has 4 rings (SSSR count). The fourth-order valence-electron chi connectivity index (χ4n) is 3.67. The number of nitrogens with one attached hydrogen (secondary N) is 1. The van der Waals surface area contributed by atoms with Crippen LogP contribution in [0.25, 0.3) is 0 Å². The molecule has 0 bridgehead atoms. The number of carbonyl (C=O) groups excluding carboxylic acids is 1. The second kappa shape index (κ2) is 6.44. The first kappa shape index (κ1) is 16.0. The second-order valence-electron chi connectivity index (χ2n) is 6.70. The highest BCUT2D eigenvalue weighted by atomic mass is 16.5. The Hall–Kier alpha value is -2.48. The van der Waals surface area contributed by atoms with Crippen LogP contribution in [0.2, 0.25) is 0 Å². The third-order valence-corrected chi connectivity index (χ3v) is 4.89. The van der Waals surface area contributed by atoms with Crippen molar-refractivity contribution in [2.45, 2.75) is 38.0 Å². The van der Waals surface area contributed by atoms with E-state index in [9.17, 15) is 4.79 Å². The highest BCUT2D eigenvalue weighted by Gasteiger charge is 2.45. The Labute approximate surface area is 146 Å². The van der Waals surface area contributed by atoms with Gasteiger partial charge in [0.05, 0.1) is 18.2 Å². The van der Waals surface area contributed by atoms with Gasteiger partial charge in [0.15, 0.2) is 5.82 Å². The van der Waals surface area contributed by atoms with Crippen LogP contribution in [-0.2, 0) is 11.8 Å². The largest absolute Gasteiger partial charge is 0.374 e. The van der Waals surface area contributed by atoms with Crippen LogP contribution >= 0.6 is 0 Å². The number of rotatable bonds is 3. The van der Waals surface area contributed by atoms with E-state index in [1.54, 1.807) is 17.0 Å². The van der Waals surface area contributed by atoms with E-state index in [1.807, 2.05) is 26.4 Å². The Morgan fingerprint density at radius 2 is 2.12 bits per heavy atom. The number of fused-ring (bicyclic) bond motifs is 1. The van der Waals surface area contributed by atoms with Crippen molar-refractivity contribution in [2.75, 3.05) is 18.1 Å². The van der Waals surface area contributed by atoms with Crippen molar-refractivity contribution < 1.29 is 9.53 Å². The highest BCUT2D eigenvalue weighted by Crippen LogP contribution is 2.31. The lowest BCUT2D eigenvalue weighted by atomic mass is 10.0. The number of hydrogen-bond donors (Lipinski definition) is 1. The molecule has 0 spiro atoms. The Bertz CT molecular complexity index is 759. The number of ether oxygens (including phenoxy) is 1. The SMILES string of the molecule is Cc1cnc(N2C[C@H](NC(=O)c3nccn3C)[C@@H]3OCCC[C@@H]32)nc1. The molecular formula is C17H22N6O2. The Kier molecular flexibility index (Phi) is 4.12. The second-order valence-corrected chi connectivity index (χ2v) is 6.70. The standard InChI is InChI=1S/C17H22N6O2/c1-11-8-19-17(20-9-11)23-10-12(14-13(23)4-3-7-25-14)21-16(24)15-18-5-6-22(15)2/h5-6,8-9,12-14H,3-4,7,10H2,1-2H3,(H,21,24)/t12-,13-,14-/m0/s1. The van der Waals surface area contributed by atoms with Crippen molar-refractivity contribution >= 4 is 11.9 Å². The lowest BCUT2D eigenvalue weighted by Crippen LogP contribution is -2.48. The van der Waals surface area contributed by atoms with E-state index in [-0.39, 0.29) is 24.1 Å². The van der Waals surface area contributed by atoms with Gasteiger partial charge in [0, 0.05) is 45.0 Å². The van der Waals surface area contributed by atoms with E-state index in [2.05, 4.69) is 25.2 Å². The number of aryl methyl sites for hydroxylation is 2. The van der Waals surface area contributed by atoms with Crippen LogP contribution in [-0.4, -0.2) is 56.8 Å². The predicted octanol–water partition coefficient (Wildman–Crippen LogP) is 0.685. The number of nitrogens with zero attached hydrogens (tertiary/aromatic N) is 5. The molecule has 2 aromatic heterocycles. The molecule has 2 fully saturated rings. The fourth-order valence-corrected chi connectivity index (χ4v) is 3.67. The molecule has 2 aromatic rings. The van der Waals surface area contributed by atoms with Crippen LogP contribution in [0.15, 0.2) is 24.8 Å². The Balaban J connectivity index is 1.55. The molecule has 0 unspecified atom stereocenters. The van der Waals surface area contributed by atoms with Crippen molar-refractivity contribution in [1.29, 1.82) is 0 Å². The minimum atomic E-state index is -0.183. The summed E-state index contributed by atoms with van der Waals surface area (Å²) in [5, 5.41) is 3.09. The summed E-state index contributed by atoms with van der Waals surface area (Å²) in [5.74, 6) is 0.911. The molecule has 132 valence electrons. The maximum atomic E-state index is 12.5. The van der Waals surface area contributed by atoms with Crippen LogP contribution in [0.4, 0.5) is 5.95 Å². The van der Waals surface area contributed by atoms with Gasteiger partial charge in [0.1, 0.15) is 0 Å². The first-order valence-corrected chi connectivity index (χ1v) is 8.58. The summed E-state index contributed by atoms with van der Waals surface area (Å²) in [5.41, 5.74) is 1.03. The van der Waals surface area contributed by atoms with Gasteiger partial charge in [-0.3, -0.25) is 4.79 Å². The summed E-state index contributed by atoms with van der Waals surface area (Å²) in [4.78, 5) is 27.7. The zero-order chi connectivity index (χ0) is 17.4. The van der Waals surface area contributed by atoms with E-state index >= 15 is 0 Å². The van der Waals surface area contributed by atoms with Crippen LogP contribution < -0.4 is 10.2 Å². The molecule has 0 saturated carbocycles. The number of amides is 1. The predicted molar refractivity (Wildman–Crippen MR) is 91.3 cm³/mol. The normalized spacial score (nSPS) is 25.7. The minimum absolute atomic E-state index is 0.0529. The van der Waals surface area contributed by atoms with Crippen molar-refractivity contribution in [3.63, 3.8) is 0 Å². The minimum Gasteiger partial charge on any atom is -0.374 e. The van der Waals surface area contributed by atoms with Gasteiger partial charge in [-0.05, 0) is 25.3 Å².